The van der Waals surface area contributed by atoms with Crippen molar-refractivity contribution < 1.29 is 0 Å². The summed E-state index contributed by atoms with van der Waals surface area (Å²) in [5.41, 5.74) is 2.44. The lowest BCUT2D eigenvalue weighted by molar-refractivity contribution is 0.300. The predicted octanol–water partition coefficient (Wildman–Crippen LogP) is 4.32. The van der Waals surface area contributed by atoms with E-state index in [1.807, 2.05) is 6.92 Å². The molecule has 1 N–H and O–H groups in total. The first kappa shape index (κ1) is 12.9. The van der Waals surface area contributed by atoms with Gasteiger partial charge >= 0.3 is 0 Å². The lowest BCUT2D eigenvalue weighted by Crippen LogP contribution is -2.33. The second-order valence-corrected chi connectivity index (χ2v) is 5.84. The molecule has 2 unspecified atom stereocenters. The number of rotatable bonds is 3. The van der Waals surface area contributed by atoms with Crippen LogP contribution in [0.4, 0.5) is 0 Å². The third kappa shape index (κ3) is 3.72. The first-order valence-corrected chi connectivity index (χ1v) is 7.01. The standard InChI is InChI=1S/C15H22ClN/c1-11-4-3-5-14(8-11)17-10-13-7-6-12(2)15(16)9-13/h6-7,9,11,14,17H,3-5,8,10H2,1-2H3. The van der Waals surface area contributed by atoms with Gasteiger partial charge < -0.3 is 5.32 Å². The van der Waals surface area contributed by atoms with Crippen LogP contribution in [-0.2, 0) is 6.54 Å². The number of nitrogens with one attached hydrogen (secondary N) is 1. The van der Waals surface area contributed by atoms with Gasteiger partial charge in [-0.25, -0.2) is 0 Å². The molecule has 2 rings (SSSR count). The van der Waals surface area contributed by atoms with E-state index in [0.717, 1.165) is 23.0 Å². The SMILES string of the molecule is Cc1ccc(CNC2CCCC(C)C2)cc1Cl. The molecule has 0 heterocycles. The monoisotopic (exact) mass is 251 g/mol. The molecule has 17 heavy (non-hydrogen) atoms. The van der Waals surface area contributed by atoms with Gasteiger partial charge in [-0.05, 0) is 42.9 Å². The molecule has 1 saturated carbocycles. The highest BCUT2D eigenvalue weighted by Crippen LogP contribution is 2.24. The van der Waals surface area contributed by atoms with Gasteiger partial charge in [-0.3, -0.25) is 0 Å². The van der Waals surface area contributed by atoms with Gasteiger partial charge in [-0.2, -0.15) is 0 Å². The van der Waals surface area contributed by atoms with Gasteiger partial charge in [-0.15, -0.1) is 0 Å². The van der Waals surface area contributed by atoms with Crippen molar-refractivity contribution in [1.82, 2.24) is 5.32 Å². The van der Waals surface area contributed by atoms with Crippen molar-refractivity contribution in [2.45, 2.75) is 52.1 Å². The molecule has 0 radical (unpaired) electrons. The zero-order valence-electron chi connectivity index (χ0n) is 10.8. The Morgan fingerprint density at radius 1 is 1.35 bits per heavy atom. The fourth-order valence-corrected chi connectivity index (χ4v) is 2.83. The Morgan fingerprint density at radius 3 is 2.88 bits per heavy atom. The molecular formula is C15H22ClN. The van der Waals surface area contributed by atoms with Crippen LogP contribution in [0.5, 0.6) is 0 Å². The molecule has 0 amide bonds. The van der Waals surface area contributed by atoms with Crippen molar-refractivity contribution in [3.8, 4) is 0 Å². The summed E-state index contributed by atoms with van der Waals surface area (Å²) in [6, 6.07) is 7.04. The van der Waals surface area contributed by atoms with Crippen LogP contribution in [0.3, 0.4) is 0 Å². The van der Waals surface area contributed by atoms with Crippen LogP contribution >= 0.6 is 11.6 Å². The van der Waals surface area contributed by atoms with E-state index < -0.39 is 0 Å². The van der Waals surface area contributed by atoms with Crippen LogP contribution in [0.1, 0.15) is 43.7 Å². The molecule has 94 valence electrons. The summed E-state index contributed by atoms with van der Waals surface area (Å²) >= 11 is 6.13. The minimum atomic E-state index is 0.693. The van der Waals surface area contributed by atoms with Crippen LogP contribution in [-0.4, -0.2) is 6.04 Å². The highest BCUT2D eigenvalue weighted by Gasteiger charge is 2.17. The molecule has 1 aliphatic rings. The highest BCUT2D eigenvalue weighted by atomic mass is 35.5. The van der Waals surface area contributed by atoms with Gasteiger partial charge in [0.1, 0.15) is 0 Å². The number of benzene rings is 1. The lowest BCUT2D eigenvalue weighted by atomic mass is 9.87. The van der Waals surface area contributed by atoms with Crippen LogP contribution in [0.25, 0.3) is 0 Å². The van der Waals surface area contributed by atoms with E-state index in [4.69, 9.17) is 11.6 Å². The largest absolute Gasteiger partial charge is 0.310 e. The number of hydrogen-bond acceptors (Lipinski definition) is 1. The molecule has 0 aromatic heterocycles. The van der Waals surface area contributed by atoms with Crippen molar-refractivity contribution in [1.29, 1.82) is 0 Å². The highest BCUT2D eigenvalue weighted by molar-refractivity contribution is 6.31. The predicted molar refractivity (Wildman–Crippen MR) is 74.4 cm³/mol. The molecule has 2 atom stereocenters. The Bertz CT molecular complexity index is 375. The summed E-state index contributed by atoms with van der Waals surface area (Å²) in [6.45, 7) is 5.34. The Morgan fingerprint density at radius 2 is 2.18 bits per heavy atom. The molecule has 0 spiro atoms. The maximum absolute atomic E-state index is 6.13. The van der Waals surface area contributed by atoms with Crippen LogP contribution < -0.4 is 5.32 Å². The first-order valence-electron chi connectivity index (χ1n) is 6.63. The molecule has 2 heteroatoms. The summed E-state index contributed by atoms with van der Waals surface area (Å²) in [5, 5.41) is 4.53. The molecule has 1 fully saturated rings. The zero-order chi connectivity index (χ0) is 12.3. The minimum absolute atomic E-state index is 0.693. The molecule has 1 aliphatic carbocycles. The number of hydrogen-bond donors (Lipinski definition) is 1. The van der Waals surface area contributed by atoms with Crippen molar-refractivity contribution in [3.63, 3.8) is 0 Å². The Hall–Kier alpha value is -0.530. The Balaban J connectivity index is 1.86. The fourth-order valence-electron chi connectivity index (χ4n) is 2.63. The summed E-state index contributed by atoms with van der Waals surface area (Å²) in [7, 11) is 0. The van der Waals surface area contributed by atoms with Crippen molar-refractivity contribution in [2.75, 3.05) is 0 Å². The summed E-state index contributed by atoms with van der Waals surface area (Å²) in [5.74, 6) is 0.878. The summed E-state index contributed by atoms with van der Waals surface area (Å²) in [6.07, 6.45) is 5.41. The maximum atomic E-state index is 6.13. The summed E-state index contributed by atoms with van der Waals surface area (Å²) in [4.78, 5) is 0. The Labute approximate surface area is 110 Å². The third-order valence-corrected chi connectivity index (χ3v) is 4.17. The molecule has 1 aromatic rings. The van der Waals surface area contributed by atoms with Gasteiger partial charge in [-0.1, -0.05) is 43.5 Å². The quantitative estimate of drug-likeness (QED) is 0.844. The zero-order valence-corrected chi connectivity index (χ0v) is 11.6. The van der Waals surface area contributed by atoms with Crippen molar-refractivity contribution >= 4 is 11.6 Å². The normalized spacial score (nSPS) is 24.9. The molecule has 1 aromatic carbocycles. The average Bonchev–Trinajstić information content (AvgIpc) is 2.31. The van der Waals surface area contributed by atoms with E-state index in [1.54, 1.807) is 0 Å². The van der Waals surface area contributed by atoms with Gasteiger partial charge in [0, 0.05) is 17.6 Å². The topological polar surface area (TPSA) is 12.0 Å². The van der Waals surface area contributed by atoms with Crippen LogP contribution in [0.15, 0.2) is 18.2 Å². The third-order valence-electron chi connectivity index (χ3n) is 3.77. The second kappa shape index (κ2) is 5.88. The van der Waals surface area contributed by atoms with E-state index in [2.05, 4.69) is 30.4 Å². The van der Waals surface area contributed by atoms with E-state index in [-0.39, 0.29) is 0 Å². The van der Waals surface area contributed by atoms with E-state index >= 15 is 0 Å². The van der Waals surface area contributed by atoms with Crippen LogP contribution in [0, 0.1) is 12.8 Å². The van der Waals surface area contributed by atoms with Crippen molar-refractivity contribution in [3.05, 3.63) is 34.3 Å². The number of halogens is 1. The fraction of sp³-hybridized carbons (Fsp3) is 0.600. The van der Waals surface area contributed by atoms with Gasteiger partial charge in [0.2, 0.25) is 0 Å². The molecule has 0 saturated heterocycles. The lowest BCUT2D eigenvalue weighted by Gasteiger charge is -2.27. The number of aryl methyl sites for hydroxylation is 1. The first-order chi connectivity index (χ1) is 8.15. The van der Waals surface area contributed by atoms with E-state index in [1.165, 1.54) is 31.2 Å². The van der Waals surface area contributed by atoms with Crippen molar-refractivity contribution in [2.24, 2.45) is 5.92 Å². The molecule has 1 nitrogen and oxygen atoms in total. The summed E-state index contributed by atoms with van der Waals surface area (Å²) < 4.78 is 0. The van der Waals surface area contributed by atoms with Gasteiger partial charge in [0.05, 0.1) is 0 Å². The minimum Gasteiger partial charge on any atom is -0.310 e. The van der Waals surface area contributed by atoms with Crippen LogP contribution in [0.2, 0.25) is 5.02 Å². The molecule has 0 aliphatic heterocycles. The average molecular weight is 252 g/mol. The smallest absolute Gasteiger partial charge is 0.0438 e. The van der Waals surface area contributed by atoms with E-state index in [0.29, 0.717) is 6.04 Å². The molecule has 0 bridgehead atoms. The Kier molecular flexibility index (Phi) is 4.47. The van der Waals surface area contributed by atoms with Gasteiger partial charge in [0.25, 0.3) is 0 Å². The molecular weight excluding hydrogens is 230 g/mol. The maximum Gasteiger partial charge on any atom is 0.0438 e. The van der Waals surface area contributed by atoms with Gasteiger partial charge in [0.15, 0.2) is 0 Å². The van der Waals surface area contributed by atoms with E-state index in [9.17, 15) is 0 Å². The second-order valence-electron chi connectivity index (χ2n) is 5.43.